The summed E-state index contributed by atoms with van der Waals surface area (Å²) in [4.78, 5) is 51.3. The number of para-hydroxylation sites is 2. The third-order valence-electron chi connectivity index (χ3n) is 6.95. The van der Waals surface area contributed by atoms with Gasteiger partial charge in [-0.15, -0.1) is 0 Å². The number of hydrogen-bond donors (Lipinski definition) is 4. The van der Waals surface area contributed by atoms with Crippen LogP contribution in [0.15, 0.2) is 48.5 Å². The van der Waals surface area contributed by atoms with Crippen LogP contribution >= 0.6 is 0 Å². The summed E-state index contributed by atoms with van der Waals surface area (Å²) in [6.07, 6.45) is 3.60. The van der Waals surface area contributed by atoms with Gasteiger partial charge in [0.1, 0.15) is 0 Å². The average Bonchev–Trinajstić information content (AvgIpc) is 2.98. The van der Waals surface area contributed by atoms with Gasteiger partial charge in [0.15, 0.2) is 0 Å². The fourth-order valence-corrected chi connectivity index (χ4v) is 4.69. The van der Waals surface area contributed by atoms with Crippen LogP contribution in [0.3, 0.4) is 0 Å². The molecule has 2 aromatic rings. The van der Waals surface area contributed by atoms with Crippen LogP contribution in [0.5, 0.6) is 0 Å². The van der Waals surface area contributed by atoms with Gasteiger partial charge in [-0.25, -0.2) is 0 Å². The van der Waals surface area contributed by atoms with Crippen LogP contribution in [0.1, 0.15) is 59.2 Å². The van der Waals surface area contributed by atoms with Crippen molar-refractivity contribution in [1.29, 1.82) is 0 Å². The van der Waals surface area contributed by atoms with Gasteiger partial charge in [-0.1, -0.05) is 24.3 Å². The quantitative estimate of drug-likeness (QED) is 0.265. The largest absolute Gasteiger partial charge is 0.385 e. The van der Waals surface area contributed by atoms with Crippen molar-refractivity contribution >= 4 is 35.0 Å². The lowest BCUT2D eigenvalue weighted by Crippen LogP contribution is -2.33. The standard InChI is InChI=1S/C30H40N4O6/c1-39-19-7-17-31-29(37)23-9-3-5-11-25(23)33-27(35)21-13-15-22(16-14-21)28(36)34-26-12-6-4-10-24(26)30(38)32-18-8-20-40-2/h3-6,9-12,21-22H,7-8,13-20H2,1-2H3,(H,31,37)(H,32,38)(H,33,35)(H,34,36). The van der Waals surface area contributed by atoms with Crippen LogP contribution in [-0.2, 0) is 19.1 Å². The van der Waals surface area contributed by atoms with Gasteiger partial charge >= 0.3 is 0 Å². The normalized spacial score (nSPS) is 16.6. The Morgan fingerprint density at radius 1 is 0.650 bits per heavy atom. The molecule has 0 radical (unpaired) electrons. The summed E-state index contributed by atoms with van der Waals surface area (Å²) in [5.74, 6) is -1.34. The van der Waals surface area contributed by atoms with Crippen molar-refractivity contribution in [3.05, 3.63) is 59.7 Å². The number of anilines is 2. The monoisotopic (exact) mass is 552 g/mol. The summed E-state index contributed by atoms with van der Waals surface area (Å²) in [5, 5.41) is 11.5. The number of ether oxygens (including phenoxy) is 2. The molecule has 10 nitrogen and oxygen atoms in total. The maximum Gasteiger partial charge on any atom is 0.253 e. The number of carbonyl (C=O) groups is 4. The molecule has 0 aliphatic heterocycles. The molecular weight excluding hydrogens is 512 g/mol. The highest BCUT2D eigenvalue weighted by Gasteiger charge is 2.31. The van der Waals surface area contributed by atoms with Gasteiger partial charge in [0, 0.05) is 52.4 Å². The van der Waals surface area contributed by atoms with Crippen LogP contribution in [0.25, 0.3) is 0 Å². The highest BCUT2D eigenvalue weighted by atomic mass is 16.5. The van der Waals surface area contributed by atoms with Crippen molar-refractivity contribution < 1.29 is 28.7 Å². The third-order valence-corrected chi connectivity index (χ3v) is 6.95. The second-order valence-electron chi connectivity index (χ2n) is 9.82. The zero-order chi connectivity index (χ0) is 28.7. The maximum absolute atomic E-state index is 13.0. The Labute approximate surface area is 235 Å². The maximum atomic E-state index is 13.0. The van der Waals surface area contributed by atoms with E-state index in [1.807, 2.05) is 0 Å². The Hall–Kier alpha value is -3.76. The molecule has 10 heteroatoms. The van der Waals surface area contributed by atoms with Crippen molar-refractivity contribution in [2.75, 3.05) is 51.2 Å². The predicted molar refractivity (Wildman–Crippen MR) is 153 cm³/mol. The van der Waals surface area contributed by atoms with E-state index >= 15 is 0 Å². The minimum atomic E-state index is -0.257. The molecule has 1 aliphatic carbocycles. The molecular formula is C30H40N4O6. The second kappa shape index (κ2) is 16.4. The summed E-state index contributed by atoms with van der Waals surface area (Å²) in [7, 11) is 3.22. The minimum Gasteiger partial charge on any atom is -0.385 e. The van der Waals surface area contributed by atoms with Gasteiger partial charge in [-0.2, -0.15) is 0 Å². The molecule has 3 rings (SSSR count). The molecule has 2 aromatic carbocycles. The molecule has 0 bridgehead atoms. The lowest BCUT2D eigenvalue weighted by atomic mass is 9.81. The van der Waals surface area contributed by atoms with Gasteiger partial charge < -0.3 is 30.7 Å². The smallest absolute Gasteiger partial charge is 0.253 e. The summed E-state index contributed by atoms with van der Waals surface area (Å²) in [6.45, 7) is 2.06. The number of hydrogen-bond acceptors (Lipinski definition) is 6. The lowest BCUT2D eigenvalue weighted by Gasteiger charge is -2.27. The Balaban J connectivity index is 1.51. The summed E-state index contributed by atoms with van der Waals surface area (Å²) in [5.41, 5.74) is 1.74. The van der Waals surface area contributed by atoms with Crippen molar-refractivity contribution in [1.82, 2.24) is 10.6 Å². The van der Waals surface area contributed by atoms with Crippen molar-refractivity contribution in [3.63, 3.8) is 0 Å². The van der Waals surface area contributed by atoms with Crippen LogP contribution in [0.4, 0.5) is 11.4 Å². The van der Waals surface area contributed by atoms with E-state index in [1.54, 1.807) is 62.8 Å². The minimum absolute atomic E-state index is 0.158. The molecule has 1 saturated carbocycles. The van der Waals surface area contributed by atoms with E-state index < -0.39 is 0 Å². The van der Waals surface area contributed by atoms with Crippen LogP contribution in [0.2, 0.25) is 0 Å². The Kier molecular flexibility index (Phi) is 12.6. The summed E-state index contributed by atoms with van der Waals surface area (Å²) in [6, 6.07) is 13.9. The van der Waals surface area contributed by atoms with E-state index in [2.05, 4.69) is 21.3 Å². The number of carbonyl (C=O) groups excluding carboxylic acids is 4. The summed E-state index contributed by atoms with van der Waals surface area (Å²) >= 11 is 0. The molecule has 0 spiro atoms. The fraction of sp³-hybridized carbons (Fsp3) is 0.467. The molecule has 40 heavy (non-hydrogen) atoms. The number of benzene rings is 2. The van der Waals surface area contributed by atoms with E-state index in [0.29, 0.717) is 87.3 Å². The molecule has 0 unspecified atom stereocenters. The third kappa shape index (κ3) is 9.17. The van der Waals surface area contributed by atoms with E-state index in [1.165, 1.54) is 0 Å². The summed E-state index contributed by atoms with van der Waals surface area (Å²) < 4.78 is 10.0. The van der Waals surface area contributed by atoms with Crippen molar-refractivity contribution in [3.8, 4) is 0 Å². The first-order valence-electron chi connectivity index (χ1n) is 13.8. The van der Waals surface area contributed by atoms with Crippen molar-refractivity contribution in [2.45, 2.75) is 38.5 Å². The van der Waals surface area contributed by atoms with Crippen LogP contribution in [-0.4, -0.2) is 64.2 Å². The SMILES string of the molecule is COCCCNC(=O)c1ccccc1NC(=O)C1CCC(C(=O)Nc2ccccc2C(=O)NCCCOC)CC1. The zero-order valence-corrected chi connectivity index (χ0v) is 23.3. The molecule has 1 fully saturated rings. The highest BCUT2D eigenvalue weighted by Crippen LogP contribution is 2.31. The zero-order valence-electron chi connectivity index (χ0n) is 23.3. The van der Waals surface area contributed by atoms with Gasteiger partial charge in [0.25, 0.3) is 11.8 Å². The van der Waals surface area contributed by atoms with Gasteiger partial charge in [0.2, 0.25) is 11.8 Å². The molecule has 0 heterocycles. The topological polar surface area (TPSA) is 135 Å². The lowest BCUT2D eigenvalue weighted by molar-refractivity contribution is -0.125. The highest BCUT2D eigenvalue weighted by molar-refractivity contribution is 6.05. The molecule has 216 valence electrons. The van der Waals surface area contributed by atoms with E-state index in [9.17, 15) is 19.2 Å². The van der Waals surface area contributed by atoms with Gasteiger partial charge in [-0.3, -0.25) is 19.2 Å². The molecule has 4 N–H and O–H groups in total. The van der Waals surface area contributed by atoms with E-state index in [4.69, 9.17) is 9.47 Å². The van der Waals surface area contributed by atoms with Crippen molar-refractivity contribution in [2.24, 2.45) is 11.8 Å². The fourth-order valence-electron chi connectivity index (χ4n) is 4.69. The predicted octanol–water partition coefficient (Wildman–Crippen LogP) is 3.60. The van der Waals surface area contributed by atoms with Crippen LogP contribution in [0, 0.1) is 11.8 Å². The second-order valence-corrected chi connectivity index (χ2v) is 9.82. The first-order valence-corrected chi connectivity index (χ1v) is 13.8. The molecule has 0 saturated heterocycles. The first-order chi connectivity index (χ1) is 19.4. The van der Waals surface area contributed by atoms with Gasteiger partial charge in [-0.05, 0) is 62.8 Å². The molecule has 0 aromatic heterocycles. The molecule has 1 aliphatic rings. The molecule has 0 atom stereocenters. The van der Waals surface area contributed by atoms with Crippen LogP contribution < -0.4 is 21.3 Å². The number of nitrogens with one attached hydrogen (secondary N) is 4. The van der Waals surface area contributed by atoms with E-state index in [0.717, 1.165) is 0 Å². The average molecular weight is 553 g/mol. The number of methoxy groups -OCH3 is 2. The van der Waals surface area contributed by atoms with Gasteiger partial charge in [0.05, 0.1) is 22.5 Å². The Morgan fingerprint density at radius 2 is 1.02 bits per heavy atom. The number of amides is 4. The first kappa shape index (κ1) is 30.8. The Bertz CT molecular complexity index is 1060. The van der Waals surface area contributed by atoms with E-state index in [-0.39, 0.29) is 35.5 Å². The number of rotatable bonds is 14. The molecule has 4 amide bonds. The Morgan fingerprint density at radius 3 is 1.40 bits per heavy atom.